The monoisotopic (exact) mass is 341 g/mol. The number of hydrogen-bond donors (Lipinski definition) is 0. The van der Waals surface area contributed by atoms with Crippen LogP contribution in [0.1, 0.15) is 40.2 Å². The van der Waals surface area contributed by atoms with Gasteiger partial charge < -0.3 is 4.90 Å². The third-order valence-corrected chi connectivity index (χ3v) is 6.70. The van der Waals surface area contributed by atoms with E-state index in [9.17, 15) is 0 Å². The highest BCUT2D eigenvalue weighted by Gasteiger charge is 2.45. The zero-order chi connectivity index (χ0) is 17.9. The summed E-state index contributed by atoms with van der Waals surface area (Å²) in [5.74, 6) is 0. The van der Waals surface area contributed by atoms with Crippen molar-refractivity contribution in [2.24, 2.45) is 5.41 Å². The molecule has 1 aromatic rings. The Bertz CT molecular complexity index is 636. The zero-order valence-electron chi connectivity index (χ0n) is 15.9. The number of nitrogens with zero attached hydrogens (tertiary/aromatic N) is 1. The Balaban J connectivity index is 2.37. The Morgan fingerprint density at radius 3 is 2.46 bits per heavy atom. The zero-order valence-corrected chi connectivity index (χ0v) is 16.7. The predicted molar refractivity (Wildman–Crippen MR) is 111 cm³/mol. The van der Waals surface area contributed by atoms with E-state index in [0.717, 1.165) is 0 Å². The molecule has 0 aliphatic carbocycles. The lowest BCUT2D eigenvalue weighted by Gasteiger charge is -2.38. The minimum atomic E-state index is 0.198. The van der Waals surface area contributed by atoms with Crippen LogP contribution in [0.2, 0.25) is 0 Å². The number of benzene rings is 1. The predicted octanol–water partition coefficient (Wildman–Crippen LogP) is 6.37. The maximum Gasteiger partial charge on any atom is 0.0809 e. The van der Waals surface area contributed by atoms with Crippen molar-refractivity contribution in [3.8, 4) is 0 Å². The number of thioether (sulfide) groups is 1. The molecule has 0 bridgehead atoms. The maximum atomic E-state index is 4.36. The SMILES string of the molecule is C=C(/C=C\C=C/C)C1SC(C(C)(C)C)N(c2ccccc2C)[C@H]1C. The van der Waals surface area contributed by atoms with Crippen molar-refractivity contribution in [1.82, 2.24) is 0 Å². The Labute approximate surface area is 152 Å². The van der Waals surface area contributed by atoms with Gasteiger partial charge in [-0.2, -0.15) is 0 Å². The van der Waals surface area contributed by atoms with Gasteiger partial charge in [-0.3, -0.25) is 0 Å². The first-order valence-corrected chi connectivity index (χ1v) is 9.69. The van der Waals surface area contributed by atoms with Gasteiger partial charge in [0, 0.05) is 11.7 Å². The quantitative estimate of drug-likeness (QED) is 0.586. The van der Waals surface area contributed by atoms with Crippen molar-refractivity contribution in [2.75, 3.05) is 4.90 Å². The molecule has 2 unspecified atom stereocenters. The highest BCUT2D eigenvalue weighted by Crippen LogP contribution is 2.49. The molecule has 3 atom stereocenters. The lowest BCUT2D eigenvalue weighted by Crippen LogP contribution is -2.43. The van der Waals surface area contributed by atoms with Crippen LogP contribution in [0.5, 0.6) is 0 Å². The topological polar surface area (TPSA) is 3.24 Å². The first-order chi connectivity index (χ1) is 11.3. The molecule has 130 valence electrons. The smallest absolute Gasteiger partial charge is 0.0809 e. The molecule has 1 fully saturated rings. The molecule has 2 rings (SSSR count). The second kappa shape index (κ2) is 7.65. The van der Waals surface area contributed by atoms with Crippen LogP contribution in [0.15, 0.2) is 60.7 Å². The number of hydrogen-bond acceptors (Lipinski definition) is 2. The molecular formula is C22H31NS. The van der Waals surface area contributed by atoms with E-state index in [0.29, 0.717) is 16.7 Å². The summed E-state index contributed by atoms with van der Waals surface area (Å²) in [7, 11) is 0. The largest absolute Gasteiger partial charge is 0.355 e. The molecule has 0 N–H and O–H groups in total. The Hall–Kier alpha value is -1.41. The van der Waals surface area contributed by atoms with Crippen molar-refractivity contribution in [3.05, 3.63) is 66.3 Å². The lowest BCUT2D eigenvalue weighted by atomic mass is 9.93. The molecule has 1 aliphatic heterocycles. The van der Waals surface area contributed by atoms with Gasteiger partial charge in [-0.05, 0) is 43.4 Å². The Morgan fingerprint density at radius 2 is 1.88 bits per heavy atom. The molecule has 1 heterocycles. The average molecular weight is 342 g/mol. The third kappa shape index (κ3) is 3.97. The number of rotatable bonds is 4. The van der Waals surface area contributed by atoms with Gasteiger partial charge in [0.2, 0.25) is 0 Å². The highest BCUT2D eigenvalue weighted by atomic mass is 32.2. The maximum absolute atomic E-state index is 4.36. The molecular weight excluding hydrogens is 310 g/mol. The molecule has 0 saturated carbocycles. The van der Waals surface area contributed by atoms with E-state index in [2.05, 4.69) is 100 Å². The average Bonchev–Trinajstić information content (AvgIpc) is 2.85. The highest BCUT2D eigenvalue weighted by molar-refractivity contribution is 8.01. The van der Waals surface area contributed by atoms with E-state index in [1.807, 2.05) is 13.0 Å². The Kier molecular flexibility index (Phi) is 6.03. The summed E-state index contributed by atoms with van der Waals surface area (Å²) in [5, 5.41) is 0.848. The minimum Gasteiger partial charge on any atom is -0.355 e. The van der Waals surface area contributed by atoms with E-state index in [4.69, 9.17) is 0 Å². The molecule has 1 aromatic carbocycles. The van der Waals surface area contributed by atoms with Crippen molar-refractivity contribution in [1.29, 1.82) is 0 Å². The molecule has 1 saturated heterocycles. The molecule has 2 heteroatoms. The van der Waals surface area contributed by atoms with E-state index in [1.165, 1.54) is 16.8 Å². The first kappa shape index (κ1) is 18.9. The van der Waals surface area contributed by atoms with Crippen molar-refractivity contribution in [3.63, 3.8) is 0 Å². The van der Waals surface area contributed by atoms with Crippen LogP contribution in [0.4, 0.5) is 5.69 Å². The molecule has 1 nitrogen and oxygen atoms in total. The summed E-state index contributed by atoms with van der Waals surface area (Å²) < 4.78 is 0. The van der Waals surface area contributed by atoms with Gasteiger partial charge in [-0.1, -0.05) is 69.9 Å². The van der Waals surface area contributed by atoms with Crippen molar-refractivity contribution in [2.45, 2.75) is 58.2 Å². The van der Waals surface area contributed by atoms with Gasteiger partial charge in [-0.15, -0.1) is 11.8 Å². The first-order valence-electron chi connectivity index (χ1n) is 8.75. The summed E-state index contributed by atoms with van der Waals surface area (Å²) in [5.41, 5.74) is 4.10. The second-order valence-electron chi connectivity index (χ2n) is 7.67. The summed E-state index contributed by atoms with van der Waals surface area (Å²) in [6, 6.07) is 9.15. The van der Waals surface area contributed by atoms with Crippen LogP contribution >= 0.6 is 11.8 Å². The summed E-state index contributed by atoms with van der Waals surface area (Å²) in [6.07, 6.45) is 8.37. The van der Waals surface area contributed by atoms with E-state index in [-0.39, 0.29) is 5.41 Å². The van der Waals surface area contributed by atoms with Crippen molar-refractivity contribution >= 4 is 17.4 Å². The number of allylic oxidation sites excluding steroid dienone is 4. The van der Waals surface area contributed by atoms with Gasteiger partial charge in [0.15, 0.2) is 0 Å². The fraction of sp³-hybridized carbons (Fsp3) is 0.455. The molecule has 24 heavy (non-hydrogen) atoms. The summed E-state index contributed by atoms with van der Waals surface area (Å²) in [6.45, 7) is 18.0. The van der Waals surface area contributed by atoms with E-state index >= 15 is 0 Å². The number of anilines is 1. The van der Waals surface area contributed by atoms with Crippen molar-refractivity contribution < 1.29 is 0 Å². The minimum absolute atomic E-state index is 0.198. The van der Waals surface area contributed by atoms with Gasteiger partial charge >= 0.3 is 0 Å². The fourth-order valence-corrected chi connectivity index (χ4v) is 5.01. The van der Waals surface area contributed by atoms with Gasteiger partial charge in [0.25, 0.3) is 0 Å². The Morgan fingerprint density at radius 1 is 1.21 bits per heavy atom. The molecule has 0 aromatic heterocycles. The second-order valence-corrected chi connectivity index (χ2v) is 8.90. The molecule has 0 amide bonds. The van der Waals surface area contributed by atoms with Crippen LogP contribution in [-0.4, -0.2) is 16.7 Å². The standard InChI is InChI=1S/C22H31NS/c1-8-9-10-14-17(3)20-18(4)23(21(24-20)22(5,6)7)19-15-12-11-13-16(19)2/h8-15,18,20-21H,3H2,1-2,4-7H3/b9-8-,14-10-/t18-,20?,21?/m0/s1. The molecule has 0 spiro atoms. The van der Waals surface area contributed by atoms with Gasteiger partial charge in [0.1, 0.15) is 0 Å². The normalized spacial score (nSPS) is 25.1. The molecule has 0 radical (unpaired) electrons. The van der Waals surface area contributed by atoms with E-state index in [1.54, 1.807) is 0 Å². The fourth-order valence-electron chi connectivity index (χ4n) is 3.28. The van der Waals surface area contributed by atoms with Crippen LogP contribution < -0.4 is 4.90 Å². The third-order valence-electron chi connectivity index (χ3n) is 4.52. The summed E-state index contributed by atoms with van der Waals surface area (Å²) >= 11 is 2.05. The van der Waals surface area contributed by atoms with Gasteiger partial charge in [0.05, 0.1) is 10.6 Å². The van der Waals surface area contributed by atoms with Crippen LogP contribution in [0.3, 0.4) is 0 Å². The summed E-state index contributed by atoms with van der Waals surface area (Å²) in [4.78, 5) is 2.61. The van der Waals surface area contributed by atoms with Crippen LogP contribution in [0, 0.1) is 12.3 Å². The number of para-hydroxylation sites is 1. The van der Waals surface area contributed by atoms with Crippen LogP contribution in [0.25, 0.3) is 0 Å². The lowest BCUT2D eigenvalue weighted by molar-refractivity contribution is 0.379. The number of aryl methyl sites for hydroxylation is 1. The van der Waals surface area contributed by atoms with Gasteiger partial charge in [-0.25, -0.2) is 0 Å². The molecule has 1 aliphatic rings. The van der Waals surface area contributed by atoms with E-state index < -0.39 is 0 Å². The van der Waals surface area contributed by atoms with Crippen LogP contribution in [-0.2, 0) is 0 Å².